The van der Waals surface area contributed by atoms with Crippen LogP contribution in [0.3, 0.4) is 0 Å². The lowest BCUT2D eigenvalue weighted by Crippen LogP contribution is -2.03. The third kappa shape index (κ3) is 2.10. The smallest absolute Gasteiger partial charge is 0.135 e. The Balaban J connectivity index is 2.62. The average molecular weight is 293 g/mol. The number of pyridine rings is 1. The summed E-state index contributed by atoms with van der Waals surface area (Å²) < 4.78 is 2.80. The maximum atomic E-state index is 4.43. The molecule has 0 aliphatic heterocycles. The zero-order valence-electron chi connectivity index (χ0n) is 9.74. The summed E-state index contributed by atoms with van der Waals surface area (Å²) in [6.45, 7) is 5.77. The first kappa shape index (κ1) is 11.9. The fourth-order valence-corrected chi connectivity index (χ4v) is 1.90. The molecule has 0 atom stereocenters. The summed E-state index contributed by atoms with van der Waals surface area (Å²) in [7, 11) is 1.84. The molecule has 17 heavy (non-hydrogen) atoms. The lowest BCUT2D eigenvalue weighted by molar-refractivity contribution is 0.858. The number of aromatic nitrogens is 3. The van der Waals surface area contributed by atoms with Gasteiger partial charge in [-0.1, -0.05) is 12.7 Å². The van der Waals surface area contributed by atoms with Crippen molar-refractivity contribution in [3.63, 3.8) is 0 Å². The molecular formula is C12H13BrN4. The molecule has 0 unspecified atom stereocenters. The van der Waals surface area contributed by atoms with Crippen molar-refractivity contribution in [1.82, 2.24) is 14.8 Å². The molecule has 2 aromatic rings. The van der Waals surface area contributed by atoms with Gasteiger partial charge in [0.25, 0.3) is 0 Å². The molecule has 0 saturated heterocycles. The molecule has 2 heterocycles. The van der Waals surface area contributed by atoms with E-state index in [1.165, 1.54) is 0 Å². The van der Waals surface area contributed by atoms with E-state index in [9.17, 15) is 0 Å². The van der Waals surface area contributed by atoms with E-state index in [2.05, 4.69) is 37.9 Å². The van der Waals surface area contributed by atoms with Crippen LogP contribution in [0.4, 0.5) is 5.82 Å². The number of aryl methyl sites for hydroxylation is 1. The molecule has 2 rings (SSSR count). The Labute approximate surface area is 109 Å². The second kappa shape index (κ2) is 4.71. The van der Waals surface area contributed by atoms with Gasteiger partial charge in [0.15, 0.2) is 0 Å². The number of hydrogen-bond acceptors (Lipinski definition) is 3. The van der Waals surface area contributed by atoms with Crippen LogP contribution in [-0.4, -0.2) is 21.8 Å². The normalized spacial score (nSPS) is 10.3. The molecule has 0 aromatic carbocycles. The van der Waals surface area contributed by atoms with Crippen LogP contribution in [-0.2, 0) is 0 Å². The second-order valence-electron chi connectivity index (χ2n) is 3.55. The summed E-state index contributed by atoms with van der Waals surface area (Å²) in [5.74, 6) is 0.793. The first-order valence-electron chi connectivity index (χ1n) is 5.18. The molecular weight excluding hydrogens is 280 g/mol. The van der Waals surface area contributed by atoms with Crippen LogP contribution < -0.4 is 5.32 Å². The highest BCUT2D eigenvalue weighted by Gasteiger charge is 2.10. The molecule has 88 valence electrons. The van der Waals surface area contributed by atoms with Gasteiger partial charge in [0.2, 0.25) is 0 Å². The molecule has 5 heteroatoms. The molecule has 0 amide bonds. The van der Waals surface area contributed by atoms with Gasteiger partial charge in [0, 0.05) is 25.0 Å². The monoisotopic (exact) mass is 292 g/mol. The summed E-state index contributed by atoms with van der Waals surface area (Å²) in [4.78, 5) is 4.25. The third-order valence-electron chi connectivity index (χ3n) is 2.49. The highest BCUT2D eigenvalue weighted by Crippen LogP contribution is 2.24. The van der Waals surface area contributed by atoms with E-state index in [-0.39, 0.29) is 0 Å². The summed E-state index contributed by atoms with van der Waals surface area (Å²) in [6.07, 6.45) is 5.45. The predicted molar refractivity (Wildman–Crippen MR) is 73.4 cm³/mol. The first-order valence-corrected chi connectivity index (χ1v) is 5.98. The Morgan fingerprint density at radius 3 is 2.82 bits per heavy atom. The predicted octanol–water partition coefficient (Wildman–Crippen LogP) is 3.02. The fraction of sp³-hybridized carbons (Fsp3) is 0.167. The van der Waals surface area contributed by atoms with E-state index in [0.29, 0.717) is 0 Å². The van der Waals surface area contributed by atoms with Gasteiger partial charge < -0.3 is 5.32 Å². The zero-order chi connectivity index (χ0) is 12.4. The van der Waals surface area contributed by atoms with Gasteiger partial charge in [-0.15, -0.1) is 0 Å². The Bertz CT molecular complexity index is 540. The first-order chi connectivity index (χ1) is 8.17. The van der Waals surface area contributed by atoms with Gasteiger partial charge in [-0.3, -0.25) is 0 Å². The molecule has 0 fully saturated rings. The van der Waals surface area contributed by atoms with E-state index < -0.39 is 0 Å². The van der Waals surface area contributed by atoms with Gasteiger partial charge in [-0.25, -0.2) is 9.67 Å². The molecule has 2 aromatic heterocycles. The summed E-state index contributed by atoms with van der Waals surface area (Å²) >= 11 is 3.45. The molecule has 0 bridgehead atoms. The van der Waals surface area contributed by atoms with Gasteiger partial charge in [0.1, 0.15) is 5.82 Å². The largest absolute Gasteiger partial charge is 0.373 e. The summed E-state index contributed by atoms with van der Waals surface area (Å²) in [5, 5.41) is 7.47. The van der Waals surface area contributed by atoms with Gasteiger partial charge >= 0.3 is 0 Å². The number of rotatable bonds is 3. The van der Waals surface area contributed by atoms with Crippen LogP contribution in [0.5, 0.6) is 0 Å². The van der Waals surface area contributed by atoms with E-state index in [1.54, 1.807) is 12.3 Å². The van der Waals surface area contributed by atoms with Gasteiger partial charge in [-0.05, 0) is 28.9 Å². The molecule has 0 aliphatic carbocycles. The minimum atomic E-state index is 0.793. The lowest BCUT2D eigenvalue weighted by atomic mass is 10.2. The number of halogens is 1. The van der Waals surface area contributed by atoms with Crippen molar-refractivity contribution in [3.8, 4) is 5.69 Å². The molecule has 0 spiro atoms. The summed E-state index contributed by atoms with van der Waals surface area (Å²) in [5.41, 5.74) is 2.83. The maximum Gasteiger partial charge on any atom is 0.135 e. The Morgan fingerprint density at radius 1 is 1.53 bits per heavy atom. The number of anilines is 1. The van der Waals surface area contributed by atoms with Crippen molar-refractivity contribution in [2.45, 2.75) is 6.92 Å². The van der Waals surface area contributed by atoms with Crippen LogP contribution in [0, 0.1) is 6.92 Å². The molecule has 1 N–H and O–H groups in total. The van der Waals surface area contributed by atoms with Crippen LogP contribution in [0.15, 0.2) is 29.5 Å². The van der Waals surface area contributed by atoms with Gasteiger partial charge in [0.05, 0.1) is 15.9 Å². The van der Waals surface area contributed by atoms with Crippen molar-refractivity contribution in [1.29, 1.82) is 0 Å². The summed E-state index contributed by atoms with van der Waals surface area (Å²) in [6, 6.07) is 1.91. The van der Waals surface area contributed by atoms with E-state index in [1.807, 2.05) is 30.9 Å². The second-order valence-corrected chi connectivity index (χ2v) is 4.41. The Kier molecular flexibility index (Phi) is 3.28. The zero-order valence-corrected chi connectivity index (χ0v) is 11.3. The van der Waals surface area contributed by atoms with E-state index in [0.717, 1.165) is 27.2 Å². The fourth-order valence-electron chi connectivity index (χ4n) is 1.63. The lowest BCUT2D eigenvalue weighted by Gasteiger charge is -2.09. The van der Waals surface area contributed by atoms with Crippen LogP contribution >= 0.6 is 15.9 Å². The van der Waals surface area contributed by atoms with Crippen molar-refractivity contribution in [3.05, 3.63) is 40.8 Å². The maximum absolute atomic E-state index is 4.43. The molecule has 0 radical (unpaired) electrons. The molecule has 0 saturated carbocycles. The Morgan fingerprint density at radius 2 is 2.29 bits per heavy atom. The quantitative estimate of drug-likeness (QED) is 0.946. The molecule has 4 nitrogen and oxygen atoms in total. The Hall–Kier alpha value is -1.62. The number of hydrogen-bond donors (Lipinski definition) is 1. The van der Waals surface area contributed by atoms with E-state index >= 15 is 0 Å². The standard InChI is InChI=1S/C12H13BrN4/c1-4-9-11(5-6-15-12(9)14-3)17-7-10(13)8(2)16-17/h4-7H,1H2,2-3H3,(H,14,15). The minimum Gasteiger partial charge on any atom is -0.373 e. The molecule has 0 aliphatic rings. The van der Waals surface area contributed by atoms with Crippen LogP contribution in [0.25, 0.3) is 11.8 Å². The highest BCUT2D eigenvalue weighted by atomic mass is 79.9. The third-order valence-corrected chi connectivity index (χ3v) is 3.27. The van der Waals surface area contributed by atoms with Crippen molar-refractivity contribution < 1.29 is 0 Å². The van der Waals surface area contributed by atoms with E-state index in [4.69, 9.17) is 0 Å². The minimum absolute atomic E-state index is 0.793. The van der Waals surface area contributed by atoms with Crippen molar-refractivity contribution >= 4 is 27.8 Å². The van der Waals surface area contributed by atoms with Gasteiger partial charge in [-0.2, -0.15) is 5.10 Å². The highest BCUT2D eigenvalue weighted by molar-refractivity contribution is 9.10. The average Bonchev–Trinajstić information content (AvgIpc) is 2.68. The van der Waals surface area contributed by atoms with Crippen molar-refractivity contribution in [2.75, 3.05) is 12.4 Å². The SMILES string of the molecule is C=Cc1c(-n2cc(Br)c(C)n2)ccnc1NC. The van der Waals surface area contributed by atoms with Crippen LogP contribution in [0.2, 0.25) is 0 Å². The van der Waals surface area contributed by atoms with Crippen molar-refractivity contribution in [2.24, 2.45) is 0 Å². The number of nitrogens with one attached hydrogen (secondary N) is 1. The van der Waals surface area contributed by atoms with Crippen LogP contribution in [0.1, 0.15) is 11.3 Å². The number of nitrogens with zero attached hydrogens (tertiary/aromatic N) is 3. The topological polar surface area (TPSA) is 42.7 Å².